The number of fused-ring (bicyclic) bond motifs is 1. The molecule has 0 bridgehead atoms. The number of nitrogens with one attached hydrogen (secondary N) is 1. The van der Waals surface area contributed by atoms with E-state index in [4.69, 9.17) is 4.74 Å². The monoisotopic (exact) mass is 399 g/mol. The number of halogens is 3. The second-order valence-corrected chi connectivity index (χ2v) is 6.76. The van der Waals surface area contributed by atoms with Gasteiger partial charge < -0.3 is 15.0 Å². The van der Waals surface area contributed by atoms with Crippen LogP contribution in [0.3, 0.4) is 0 Å². The molecule has 1 aromatic carbocycles. The number of likely N-dealkylation sites (tertiary alicyclic amines) is 1. The Morgan fingerprint density at radius 3 is 2.54 bits per heavy atom. The number of alkyl halides is 3. The van der Waals surface area contributed by atoms with Crippen LogP contribution in [-0.4, -0.2) is 54.5 Å². The lowest BCUT2D eigenvalue weighted by molar-refractivity contribution is -0.167. The van der Waals surface area contributed by atoms with Crippen LogP contribution in [0.15, 0.2) is 18.2 Å². The molecule has 0 saturated carbocycles. The molecule has 0 aliphatic carbocycles. The third-order valence-electron chi connectivity index (χ3n) is 4.68. The predicted octanol–water partition coefficient (Wildman–Crippen LogP) is 2.31. The van der Waals surface area contributed by atoms with Gasteiger partial charge >= 0.3 is 12.1 Å². The number of carbonyl (C=O) groups excluding carboxylic acids is 3. The highest BCUT2D eigenvalue weighted by Crippen LogP contribution is 2.36. The molecular formula is C18H20F3N3O4. The molecule has 0 spiro atoms. The van der Waals surface area contributed by atoms with Crippen molar-refractivity contribution in [1.82, 2.24) is 4.90 Å². The maximum atomic E-state index is 12.6. The van der Waals surface area contributed by atoms with Gasteiger partial charge in [0.25, 0.3) is 5.91 Å². The number of benzene rings is 1. The minimum atomic E-state index is -5.04. The molecule has 10 heteroatoms. The number of piperidine rings is 1. The van der Waals surface area contributed by atoms with Gasteiger partial charge in [0.2, 0.25) is 5.91 Å². The van der Waals surface area contributed by atoms with Gasteiger partial charge in [-0.15, -0.1) is 0 Å². The molecule has 2 heterocycles. The van der Waals surface area contributed by atoms with Crippen molar-refractivity contribution in [3.63, 3.8) is 0 Å². The van der Waals surface area contributed by atoms with E-state index in [2.05, 4.69) is 0 Å². The van der Waals surface area contributed by atoms with Crippen LogP contribution >= 0.6 is 0 Å². The molecule has 1 N–H and O–H groups in total. The molecule has 2 aliphatic heterocycles. The maximum absolute atomic E-state index is 12.6. The van der Waals surface area contributed by atoms with Crippen molar-refractivity contribution in [3.8, 4) is 5.75 Å². The third-order valence-corrected chi connectivity index (χ3v) is 4.68. The van der Waals surface area contributed by atoms with E-state index in [0.717, 1.165) is 19.3 Å². The van der Waals surface area contributed by atoms with Gasteiger partial charge in [0.1, 0.15) is 12.3 Å². The van der Waals surface area contributed by atoms with Gasteiger partial charge in [0.05, 0.1) is 5.69 Å². The molecule has 1 saturated heterocycles. The summed E-state index contributed by atoms with van der Waals surface area (Å²) in [4.78, 5) is 39.2. The van der Waals surface area contributed by atoms with Gasteiger partial charge in [-0.2, -0.15) is 13.2 Å². The van der Waals surface area contributed by atoms with E-state index in [1.54, 1.807) is 10.2 Å². The number of amides is 3. The zero-order chi connectivity index (χ0) is 20.5. The van der Waals surface area contributed by atoms with Crippen LogP contribution in [0.25, 0.3) is 0 Å². The lowest BCUT2D eigenvalue weighted by Crippen LogP contribution is -2.50. The Kier molecular flexibility index (Phi) is 5.48. The highest BCUT2D eigenvalue weighted by molar-refractivity contribution is 6.04. The predicted molar refractivity (Wildman–Crippen MR) is 94.0 cm³/mol. The summed E-state index contributed by atoms with van der Waals surface area (Å²) >= 11 is 0. The van der Waals surface area contributed by atoms with Gasteiger partial charge in [0.15, 0.2) is 6.10 Å². The van der Waals surface area contributed by atoms with Gasteiger partial charge in [0, 0.05) is 18.8 Å². The number of nitrogens with zero attached hydrogens (tertiary/aromatic N) is 2. The van der Waals surface area contributed by atoms with Crippen molar-refractivity contribution in [3.05, 3.63) is 18.2 Å². The molecule has 1 aromatic rings. The summed E-state index contributed by atoms with van der Waals surface area (Å²) in [5.74, 6) is -2.58. The number of anilines is 2. The number of carbonyl (C=O) groups is 3. The topological polar surface area (TPSA) is 79.0 Å². The highest BCUT2D eigenvalue weighted by atomic mass is 19.4. The third kappa shape index (κ3) is 4.20. The first-order valence-electron chi connectivity index (χ1n) is 8.95. The zero-order valence-electron chi connectivity index (χ0n) is 15.2. The van der Waals surface area contributed by atoms with Crippen molar-refractivity contribution < 1.29 is 32.3 Å². The Balaban J connectivity index is 1.84. The summed E-state index contributed by atoms with van der Waals surface area (Å²) < 4.78 is 42.9. The Labute approximate surface area is 159 Å². The van der Waals surface area contributed by atoms with Gasteiger partial charge in [-0.05, 0) is 44.4 Å². The summed E-state index contributed by atoms with van der Waals surface area (Å²) in [7, 11) is 0. The van der Waals surface area contributed by atoms with E-state index < -0.39 is 24.1 Å². The molecule has 1 unspecified atom stereocenters. The first-order valence-corrected chi connectivity index (χ1v) is 8.95. The van der Waals surface area contributed by atoms with Gasteiger partial charge in [-0.3, -0.25) is 19.3 Å². The lowest BCUT2D eigenvalue weighted by Gasteiger charge is -2.35. The van der Waals surface area contributed by atoms with E-state index in [-0.39, 0.29) is 29.6 Å². The van der Waals surface area contributed by atoms with E-state index >= 15 is 0 Å². The molecule has 2 aliphatic rings. The maximum Gasteiger partial charge on any atom is 0.471 e. The Hall–Kier alpha value is -2.78. The van der Waals surface area contributed by atoms with Crippen LogP contribution < -0.4 is 15.0 Å². The average molecular weight is 399 g/mol. The molecule has 0 radical (unpaired) electrons. The fraction of sp³-hybridized carbons (Fsp3) is 0.500. The second kappa shape index (κ2) is 7.69. The normalized spacial score (nSPS) is 19.7. The van der Waals surface area contributed by atoms with Crippen molar-refractivity contribution in [2.75, 3.05) is 29.9 Å². The standard InChI is InChI=1S/C18H20F3N3O4/c1-11-16(26)24(10-15(25)23-7-3-2-4-8-23)13-9-12(5-6-14(13)28-11)22-17(27)18(19,20)21/h5-6,9,11H,2-4,7-8,10H2,1H3,(H,22,27). The minimum absolute atomic E-state index is 0.147. The Bertz CT molecular complexity index is 791. The number of hydrogen-bond acceptors (Lipinski definition) is 4. The van der Waals surface area contributed by atoms with E-state index in [1.807, 2.05) is 0 Å². The number of hydrogen-bond donors (Lipinski definition) is 1. The van der Waals surface area contributed by atoms with Crippen molar-refractivity contribution in [2.45, 2.75) is 38.5 Å². The number of ether oxygens (including phenoxy) is 1. The SMILES string of the molecule is CC1Oc2ccc(NC(=O)C(F)(F)F)cc2N(CC(=O)N2CCCCC2)C1=O. The molecule has 0 aromatic heterocycles. The fourth-order valence-corrected chi connectivity index (χ4v) is 3.23. The Morgan fingerprint density at radius 2 is 1.89 bits per heavy atom. The van der Waals surface area contributed by atoms with Crippen LogP contribution in [-0.2, 0) is 14.4 Å². The zero-order valence-corrected chi connectivity index (χ0v) is 15.2. The molecule has 152 valence electrons. The summed E-state index contributed by atoms with van der Waals surface area (Å²) in [6.07, 6.45) is -3.05. The summed E-state index contributed by atoms with van der Waals surface area (Å²) in [5, 5.41) is 1.74. The molecular weight excluding hydrogens is 379 g/mol. The minimum Gasteiger partial charge on any atom is -0.479 e. The van der Waals surface area contributed by atoms with Crippen LogP contribution in [0.5, 0.6) is 5.75 Å². The summed E-state index contributed by atoms with van der Waals surface area (Å²) in [6.45, 7) is 2.52. The largest absolute Gasteiger partial charge is 0.479 e. The van der Waals surface area contributed by atoms with Gasteiger partial charge in [-0.1, -0.05) is 0 Å². The van der Waals surface area contributed by atoms with Crippen molar-refractivity contribution >= 4 is 29.1 Å². The van der Waals surface area contributed by atoms with E-state index in [9.17, 15) is 27.6 Å². The van der Waals surface area contributed by atoms with Crippen molar-refractivity contribution in [1.29, 1.82) is 0 Å². The average Bonchev–Trinajstić information content (AvgIpc) is 2.65. The fourth-order valence-electron chi connectivity index (χ4n) is 3.23. The van der Waals surface area contributed by atoms with Crippen molar-refractivity contribution in [2.24, 2.45) is 0 Å². The summed E-state index contributed by atoms with van der Waals surface area (Å²) in [6, 6.07) is 3.81. The smallest absolute Gasteiger partial charge is 0.471 e. The molecule has 3 amide bonds. The molecule has 7 nitrogen and oxygen atoms in total. The molecule has 1 atom stereocenters. The quantitative estimate of drug-likeness (QED) is 0.846. The van der Waals surface area contributed by atoms with Gasteiger partial charge in [-0.25, -0.2) is 0 Å². The van der Waals surface area contributed by atoms with Crippen LogP contribution in [0, 0.1) is 0 Å². The van der Waals surface area contributed by atoms with E-state index in [1.165, 1.54) is 30.0 Å². The first-order chi connectivity index (χ1) is 13.2. The first kappa shape index (κ1) is 20.0. The molecule has 3 rings (SSSR count). The second-order valence-electron chi connectivity index (χ2n) is 6.76. The van der Waals surface area contributed by atoms with Crippen LogP contribution in [0.4, 0.5) is 24.5 Å². The van der Waals surface area contributed by atoms with Crippen LogP contribution in [0.1, 0.15) is 26.2 Å². The van der Waals surface area contributed by atoms with Crippen LogP contribution in [0.2, 0.25) is 0 Å². The Morgan fingerprint density at radius 1 is 1.21 bits per heavy atom. The highest BCUT2D eigenvalue weighted by Gasteiger charge is 2.39. The number of rotatable bonds is 3. The van der Waals surface area contributed by atoms with E-state index in [0.29, 0.717) is 13.1 Å². The lowest BCUT2D eigenvalue weighted by atomic mass is 10.1. The molecule has 28 heavy (non-hydrogen) atoms. The molecule has 1 fully saturated rings. The summed E-state index contributed by atoms with van der Waals surface area (Å²) in [5.41, 5.74) is -0.00381.